The standard InChI is InChI=1S/C16H16FNO/c1-11(19)16-14(17)7-4-8-15(16)18-9-12-5-2-3-6-13(12)10-18/h2-8,11,19H,9-10H2,1H3. The van der Waals surface area contributed by atoms with E-state index >= 15 is 0 Å². The van der Waals surface area contributed by atoms with E-state index in [2.05, 4.69) is 17.0 Å². The number of halogens is 1. The summed E-state index contributed by atoms with van der Waals surface area (Å²) >= 11 is 0. The van der Waals surface area contributed by atoms with E-state index in [1.807, 2.05) is 18.2 Å². The molecule has 1 heterocycles. The first-order valence-electron chi connectivity index (χ1n) is 6.45. The zero-order valence-corrected chi connectivity index (χ0v) is 10.8. The molecule has 0 fully saturated rings. The molecule has 1 N–H and O–H groups in total. The first-order chi connectivity index (χ1) is 9.16. The summed E-state index contributed by atoms with van der Waals surface area (Å²) in [5, 5.41) is 9.80. The summed E-state index contributed by atoms with van der Waals surface area (Å²) in [5.41, 5.74) is 3.70. The normalized spacial score (nSPS) is 15.4. The molecule has 0 spiro atoms. The van der Waals surface area contributed by atoms with Crippen LogP contribution in [0.2, 0.25) is 0 Å². The maximum atomic E-state index is 13.9. The molecule has 1 unspecified atom stereocenters. The lowest BCUT2D eigenvalue weighted by atomic mass is 10.1. The summed E-state index contributed by atoms with van der Waals surface area (Å²) in [6.07, 6.45) is -0.806. The Morgan fingerprint density at radius 1 is 1.05 bits per heavy atom. The van der Waals surface area contributed by atoms with E-state index in [1.54, 1.807) is 13.0 Å². The van der Waals surface area contributed by atoms with Gasteiger partial charge >= 0.3 is 0 Å². The Morgan fingerprint density at radius 3 is 2.26 bits per heavy atom. The van der Waals surface area contributed by atoms with Gasteiger partial charge in [-0.3, -0.25) is 0 Å². The number of hydrogen-bond acceptors (Lipinski definition) is 2. The lowest BCUT2D eigenvalue weighted by molar-refractivity contribution is 0.194. The Kier molecular flexibility index (Phi) is 2.99. The molecule has 1 atom stereocenters. The van der Waals surface area contributed by atoms with Crippen molar-refractivity contribution < 1.29 is 9.50 Å². The summed E-state index contributed by atoms with van der Waals surface area (Å²) in [6.45, 7) is 3.13. The van der Waals surface area contributed by atoms with Gasteiger partial charge in [-0.05, 0) is 30.2 Å². The van der Waals surface area contributed by atoms with Gasteiger partial charge in [-0.15, -0.1) is 0 Å². The van der Waals surface area contributed by atoms with Crippen LogP contribution in [0, 0.1) is 5.82 Å². The van der Waals surface area contributed by atoms with Crippen molar-refractivity contribution in [3.05, 3.63) is 65.0 Å². The first kappa shape index (κ1) is 12.2. The summed E-state index contributed by atoms with van der Waals surface area (Å²) in [5.74, 6) is -0.344. The number of rotatable bonds is 2. The van der Waals surface area contributed by atoms with E-state index in [-0.39, 0.29) is 5.82 Å². The SMILES string of the molecule is CC(O)c1c(F)cccc1N1Cc2ccccc2C1. The van der Waals surface area contributed by atoms with E-state index < -0.39 is 6.10 Å². The van der Waals surface area contributed by atoms with Crippen LogP contribution in [-0.2, 0) is 13.1 Å². The van der Waals surface area contributed by atoms with Crippen LogP contribution in [-0.4, -0.2) is 5.11 Å². The van der Waals surface area contributed by atoms with Gasteiger partial charge in [-0.25, -0.2) is 4.39 Å². The minimum atomic E-state index is -0.806. The molecule has 1 aliphatic rings. The van der Waals surface area contributed by atoms with E-state index in [1.165, 1.54) is 17.2 Å². The Bertz CT molecular complexity index is 584. The highest BCUT2D eigenvalue weighted by Gasteiger charge is 2.23. The molecule has 0 saturated heterocycles. The van der Waals surface area contributed by atoms with Crippen LogP contribution >= 0.6 is 0 Å². The molecule has 2 nitrogen and oxygen atoms in total. The molecule has 0 aromatic heterocycles. The van der Waals surface area contributed by atoms with Crippen molar-refractivity contribution in [1.82, 2.24) is 0 Å². The quantitative estimate of drug-likeness (QED) is 0.891. The minimum absolute atomic E-state index is 0.344. The van der Waals surface area contributed by atoms with Crippen LogP contribution in [0.3, 0.4) is 0 Å². The molecule has 0 bridgehead atoms. The molecule has 2 aromatic rings. The molecule has 0 radical (unpaired) electrons. The van der Waals surface area contributed by atoms with Crippen molar-refractivity contribution in [2.75, 3.05) is 4.90 Å². The molecular weight excluding hydrogens is 241 g/mol. The van der Waals surface area contributed by atoms with Gasteiger partial charge in [0.2, 0.25) is 0 Å². The highest BCUT2D eigenvalue weighted by atomic mass is 19.1. The van der Waals surface area contributed by atoms with Gasteiger partial charge in [0.15, 0.2) is 0 Å². The summed E-state index contributed by atoms with van der Waals surface area (Å²) in [6, 6.07) is 13.2. The second-order valence-electron chi connectivity index (χ2n) is 4.97. The van der Waals surface area contributed by atoms with Crippen LogP contribution in [0.25, 0.3) is 0 Å². The Balaban J connectivity index is 2.00. The van der Waals surface area contributed by atoms with E-state index in [0.29, 0.717) is 5.56 Å². The summed E-state index contributed by atoms with van der Waals surface area (Å²) in [7, 11) is 0. The maximum Gasteiger partial charge on any atom is 0.131 e. The second kappa shape index (κ2) is 4.67. The van der Waals surface area contributed by atoms with Crippen molar-refractivity contribution in [3.8, 4) is 0 Å². The third kappa shape index (κ3) is 2.10. The molecule has 0 amide bonds. The predicted octanol–water partition coefficient (Wildman–Crippen LogP) is 3.40. The molecule has 2 aromatic carbocycles. The third-order valence-corrected chi connectivity index (χ3v) is 3.63. The van der Waals surface area contributed by atoms with Gasteiger partial charge in [0.1, 0.15) is 5.82 Å². The molecular formula is C16H16FNO. The van der Waals surface area contributed by atoms with Gasteiger partial charge in [0, 0.05) is 24.3 Å². The highest BCUT2D eigenvalue weighted by Crippen LogP contribution is 2.34. The third-order valence-electron chi connectivity index (χ3n) is 3.63. The molecule has 0 saturated carbocycles. The largest absolute Gasteiger partial charge is 0.389 e. The van der Waals surface area contributed by atoms with Gasteiger partial charge in [-0.1, -0.05) is 30.3 Å². The average Bonchev–Trinajstić information content (AvgIpc) is 2.81. The van der Waals surface area contributed by atoms with Gasteiger partial charge < -0.3 is 10.0 Å². The fourth-order valence-corrected chi connectivity index (χ4v) is 2.72. The first-order valence-corrected chi connectivity index (χ1v) is 6.45. The number of anilines is 1. The van der Waals surface area contributed by atoms with Crippen molar-refractivity contribution >= 4 is 5.69 Å². The van der Waals surface area contributed by atoms with Gasteiger partial charge in [-0.2, -0.15) is 0 Å². The fourth-order valence-electron chi connectivity index (χ4n) is 2.72. The van der Waals surface area contributed by atoms with Crippen LogP contribution in [0.5, 0.6) is 0 Å². The van der Waals surface area contributed by atoms with Crippen molar-refractivity contribution in [2.24, 2.45) is 0 Å². The lowest BCUT2D eigenvalue weighted by Crippen LogP contribution is -2.18. The predicted molar refractivity (Wildman–Crippen MR) is 73.4 cm³/mol. The lowest BCUT2D eigenvalue weighted by Gasteiger charge is -2.23. The van der Waals surface area contributed by atoms with E-state index in [0.717, 1.165) is 18.8 Å². The molecule has 3 heteroatoms. The second-order valence-corrected chi connectivity index (χ2v) is 4.97. The number of benzene rings is 2. The Hall–Kier alpha value is -1.87. The zero-order valence-electron chi connectivity index (χ0n) is 10.8. The zero-order chi connectivity index (χ0) is 13.4. The average molecular weight is 257 g/mol. The van der Waals surface area contributed by atoms with E-state index in [4.69, 9.17) is 0 Å². The number of aliphatic hydroxyl groups is 1. The van der Waals surface area contributed by atoms with Crippen LogP contribution in [0.4, 0.5) is 10.1 Å². The van der Waals surface area contributed by atoms with Gasteiger partial charge in [0.25, 0.3) is 0 Å². The number of aliphatic hydroxyl groups excluding tert-OH is 1. The number of fused-ring (bicyclic) bond motifs is 1. The smallest absolute Gasteiger partial charge is 0.131 e. The van der Waals surface area contributed by atoms with Crippen LogP contribution in [0.15, 0.2) is 42.5 Å². The van der Waals surface area contributed by atoms with Gasteiger partial charge in [0.05, 0.1) is 6.10 Å². The summed E-state index contributed by atoms with van der Waals surface area (Å²) < 4.78 is 13.9. The van der Waals surface area contributed by atoms with Crippen molar-refractivity contribution in [2.45, 2.75) is 26.1 Å². The number of hydrogen-bond donors (Lipinski definition) is 1. The Labute approximate surface area is 112 Å². The van der Waals surface area contributed by atoms with Crippen LogP contribution < -0.4 is 4.90 Å². The molecule has 3 rings (SSSR count). The molecule has 19 heavy (non-hydrogen) atoms. The van der Waals surface area contributed by atoms with Crippen molar-refractivity contribution in [1.29, 1.82) is 0 Å². The van der Waals surface area contributed by atoms with Crippen LogP contribution in [0.1, 0.15) is 29.7 Å². The van der Waals surface area contributed by atoms with E-state index in [9.17, 15) is 9.50 Å². The Morgan fingerprint density at radius 2 is 1.68 bits per heavy atom. The topological polar surface area (TPSA) is 23.5 Å². The monoisotopic (exact) mass is 257 g/mol. The fraction of sp³-hybridized carbons (Fsp3) is 0.250. The maximum absolute atomic E-state index is 13.9. The number of nitrogens with zero attached hydrogens (tertiary/aromatic N) is 1. The molecule has 0 aliphatic carbocycles. The van der Waals surface area contributed by atoms with Crippen molar-refractivity contribution in [3.63, 3.8) is 0 Å². The minimum Gasteiger partial charge on any atom is -0.389 e. The highest BCUT2D eigenvalue weighted by molar-refractivity contribution is 5.58. The summed E-state index contributed by atoms with van der Waals surface area (Å²) in [4.78, 5) is 2.11. The molecule has 1 aliphatic heterocycles. The molecule has 98 valence electrons.